The number of nitrogens with two attached hydrogens (primary N) is 1. The molecule has 0 unspecified atom stereocenters. The summed E-state index contributed by atoms with van der Waals surface area (Å²) in [5.41, 5.74) is 6.35. The fourth-order valence-electron chi connectivity index (χ4n) is 2.83. The molecule has 1 aliphatic rings. The van der Waals surface area contributed by atoms with Gasteiger partial charge >= 0.3 is 0 Å². The zero-order chi connectivity index (χ0) is 14.9. The monoisotopic (exact) mass is 293 g/mol. The number of hydrogen-bond acceptors (Lipinski definition) is 4. The predicted molar refractivity (Wildman–Crippen MR) is 72.6 cm³/mol. The molecule has 0 bridgehead atoms. The van der Waals surface area contributed by atoms with E-state index in [2.05, 4.69) is 10.1 Å². The third kappa shape index (κ3) is 3.26. The molecule has 1 heterocycles. The molecule has 1 aromatic heterocycles. The highest BCUT2D eigenvalue weighted by Crippen LogP contribution is 2.30. The Morgan fingerprint density at radius 3 is 2.71 bits per heavy atom. The normalized spacial score (nSPS) is 17.3. The Morgan fingerprint density at radius 1 is 1.24 bits per heavy atom. The third-order valence-electron chi connectivity index (χ3n) is 3.98. The zero-order valence-electron chi connectivity index (χ0n) is 11.6. The van der Waals surface area contributed by atoms with Crippen LogP contribution in [0.5, 0.6) is 0 Å². The summed E-state index contributed by atoms with van der Waals surface area (Å²) >= 11 is 0. The molecule has 0 spiro atoms. The van der Waals surface area contributed by atoms with Crippen LogP contribution in [0.3, 0.4) is 0 Å². The second-order valence-electron chi connectivity index (χ2n) is 5.76. The largest absolute Gasteiger partial charge is 0.339 e. The molecule has 2 N–H and O–H groups in total. The van der Waals surface area contributed by atoms with Gasteiger partial charge in [-0.05, 0) is 24.5 Å². The van der Waals surface area contributed by atoms with E-state index in [0.717, 1.165) is 31.7 Å². The number of halogens is 2. The lowest BCUT2D eigenvalue weighted by Crippen LogP contribution is -2.38. The molecule has 0 atom stereocenters. The summed E-state index contributed by atoms with van der Waals surface area (Å²) in [7, 11) is 0. The van der Waals surface area contributed by atoms with Gasteiger partial charge in [0.25, 0.3) is 0 Å². The molecule has 0 aliphatic heterocycles. The van der Waals surface area contributed by atoms with Crippen LogP contribution in [0.25, 0.3) is 0 Å². The molecule has 112 valence electrons. The van der Waals surface area contributed by atoms with Crippen molar-refractivity contribution in [2.75, 3.05) is 0 Å². The van der Waals surface area contributed by atoms with Gasteiger partial charge in [-0.1, -0.05) is 24.1 Å². The van der Waals surface area contributed by atoms with Crippen molar-refractivity contribution >= 4 is 0 Å². The van der Waals surface area contributed by atoms with Crippen molar-refractivity contribution in [1.29, 1.82) is 0 Å². The standard InChI is InChI=1S/C15H17F2N3O/c16-11-4-3-10(12(17)8-11)7-13-19-14(21-20-13)9-15(18)5-1-2-6-15/h3-4,8H,1-2,5-7,9,18H2. The van der Waals surface area contributed by atoms with Gasteiger partial charge in [-0.2, -0.15) is 4.98 Å². The van der Waals surface area contributed by atoms with Crippen molar-refractivity contribution in [3.63, 3.8) is 0 Å². The molecule has 1 fully saturated rings. The molecule has 0 amide bonds. The van der Waals surface area contributed by atoms with Gasteiger partial charge in [0.15, 0.2) is 5.82 Å². The van der Waals surface area contributed by atoms with Crippen molar-refractivity contribution in [2.24, 2.45) is 5.73 Å². The maximum atomic E-state index is 13.6. The Balaban J connectivity index is 1.70. The minimum atomic E-state index is -0.604. The van der Waals surface area contributed by atoms with Crippen LogP contribution in [0.4, 0.5) is 8.78 Å². The van der Waals surface area contributed by atoms with E-state index in [1.807, 2.05) is 0 Å². The molecule has 0 radical (unpaired) electrons. The molecule has 1 aliphatic carbocycles. The Kier molecular flexibility index (Phi) is 3.71. The lowest BCUT2D eigenvalue weighted by molar-refractivity contribution is 0.327. The molecule has 3 rings (SSSR count). The highest BCUT2D eigenvalue weighted by Gasteiger charge is 2.31. The van der Waals surface area contributed by atoms with Crippen LogP contribution in [0.2, 0.25) is 0 Å². The van der Waals surface area contributed by atoms with E-state index in [1.54, 1.807) is 0 Å². The first-order chi connectivity index (χ1) is 10.0. The minimum absolute atomic E-state index is 0.174. The first-order valence-corrected chi connectivity index (χ1v) is 7.08. The summed E-state index contributed by atoms with van der Waals surface area (Å²) in [4.78, 5) is 4.26. The van der Waals surface area contributed by atoms with Crippen LogP contribution < -0.4 is 5.73 Å². The average Bonchev–Trinajstić information content (AvgIpc) is 3.03. The number of aromatic nitrogens is 2. The fourth-order valence-corrected chi connectivity index (χ4v) is 2.83. The number of nitrogens with zero attached hydrogens (tertiary/aromatic N) is 2. The number of rotatable bonds is 4. The highest BCUT2D eigenvalue weighted by atomic mass is 19.1. The summed E-state index contributed by atoms with van der Waals surface area (Å²) < 4.78 is 31.6. The summed E-state index contributed by atoms with van der Waals surface area (Å²) in [6.45, 7) is 0. The van der Waals surface area contributed by atoms with E-state index in [1.165, 1.54) is 12.1 Å². The molecule has 1 saturated carbocycles. The second-order valence-corrected chi connectivity index (χ2v) is 5.76. The van der Waals surface area contributed by atoms with Crippen LogP contribution >= 0.6 is 0 Å². The highest BCUT2D eigenvalue weighted by molar-refractivity contribution is 5.21. The van der Waals surface area contributed by atoms with Gasteiger partial charge in [-0.15, -0.1) is 0 Å². The maximum absolute atomic E-state index is 13.6. The SMILES string of the molecule is NC1(Cc2nc(Cc3ccc(F)cc3F)no2)CCCC1. The van der Waals surface area contributed by atoms with Gasteiger partial charge in [-0.3, -0.25) is 0 Å². The molecule has 6 heteroatoms. The summed E-state index contributed by atoms with van der Waals surface area (Å²) in [5.74, 6) is -0.335. The molecule has 2 aromatic rings. The first-order valence-electron chi connectivity index (χ1n) is 7.08. The van der Waals surface area contributed by atoms with Gasteiger partial charge in [-0.25, -0.2) is 8.78 Å². The Hall–Kier alpha value is -1.82. The average molecular weight is 293 g/mol. The minimum Gasteiger partial charge on any atom is -0.339 e. The zero-order valence-corrected chi connectivity index (χ0v) is 11.6. The predicted octanol–water partition coefficient (Wildman–Crippen LogP) is 2.75. The lowest BCUT2D eigenvalue weighted by Gasteiger charge is -2.20. The van der Waals surface area contributed by atoms with Crippen molar-refractivity contribution in [1.82, 2.24) is 10.1 Å². The topological polar surface area (TPSA) is 64.9 Å². The third-order valence-corrected chi connectivity index (χ3v) is 3.98. The van der Waals surface area contributed by atoms with Crippen molar-refractivity contribution in [3.05, 3.63) is 47.1 Å². The van der Waals surface area contributed by atoms with E-state index in [9.17, 15) is 8.78 Å². The van der Waals surface area contributed by atoms with E-state index in [-0.39, 0.29) is 12.0 Å². The lowest BCUT2D eigenvalue weighted by atomic mass is 9.95. The van der Waals surface area contributed by atoms with Crippen LogP contribution in [-0.2, 0) is 12.8 Å². The number of hydrogen-bond donors (Lipinski definition) is 1. The first kappa shape index (κ1) is 14.1. The van der Waals surface area contributed by atoms with Crippen LogP contribution in [-0.4, -0.2) is 15.7 Å². The number of benzene rings is 1. The van der Waals surface area contributed by atoms with Crippen LogP contribution in [0, 0.1) is 11.6 Å². The van der Waals surface area contributed by atoms with Gasteiger partial charge in [0.2, 0.25) is 5.89 Å². The Labute approximate surface area is 121 Å². The maximum Gasteiger partial charge on any atom is 0.228 e. The molecule has 21 heavy (non-hydrogen) atoms. The molecule has 1 aromatic carbocycles. The van der Waals surface area contributed by atoms with E-state index < -0.39 is 11.6 Å². The van der Waals surface area contributed by atoms with Crippen LogP contribution in [0.15, 0.2) is 22.7 Å². The van der Waals surface area contributed by atoms with Gasteiger partial charge in [0.1, 0.15) is 11.6 Å². The summed E-state index contributed by atoms with van der Waals surface area (Å²) in [6, 6.07) is 3.46. The molecular formula is C15H17F2N3O. The van der Waals surface area contributed by atoms with Gasteiger partial charge in [0.05, 0.1) is 0 Å². The Bertz CT molecular complexity index is 636. The molecule has 0 saturated heterocycles. The molecule has 4 nitrogen and oxygen atoms in total. The van der Waals surface area contributed by atoms with Crippen molar-refractivity contribution < 1.29 is 13.3 Å². The van der Waals surface area contributed by atoms with Crippen LogP contribution in [0.1, 0.15) is 43.0 Å². The van der Waals surface area contributed by atoms with E-state index >= 15 is 0 Å². The molecular weight excluding hydrogens is 276 g/mol. The Morgan fingerprint density at radius 2 is 2.00 bits per heavy atom. The van der Waals surface area contributed by atoms with Gasteiger partial charge in [0, 0.05) is 24.4 Å². The summed E-state index contributed by atoms with van der Waals surface area (Å²) in [6.07, 6.45) is 4.88. The second kappa shape index (κ2) is 5.52. The van der Waals surface area contributed by atoms with Gasteiger partial charge < -0.3 is 10.3 Å². The summed E-state index contributed by atoms with van der Waals surface area (Å²) in [5, 5.41) is 3.85. The van der Waals surface area contributed by atoms with Crippen molar-refractivity contribution in [3.8, 4) is 0 Å². The fraction of sp³-hybridized carbons (Fsp3) is 0.467. The van der Waals surface area contributed by atoms with E-state index in [4.69, 9.17) is 10.3 Å². The van der Waals surface area contributed by atoms with E-state index in [0.29, 0.717) is 23.7 Å². The smallest absolute Gasteiger partial charge is 0.228 e. The quantitative estimate of drug-likeness (QED) is 0.941. The van der Waals surface area contributed by atoms with Crippen molar-refractivity contribution in [2.45, 2.75) is 44.1 Å².